The molecule has 1 unspecified atom stereocenters. The monoisotopic (exact) mass is 365 g/mol. The van der Waals surface area contributed by atoms with Crippen molar-refractivity contribution in [3.05, 3.63) is 59.8 Å². The number of likely N-dealkylation sites (tertiary alicyclic amines) is 1. The molecule has 1 atom stereocenters. The van der Waals surface area contributed by atoms with Gasteiger partial charge in [0.15, 0.2) is 0 Å². The predicted octanol–water partition coefficient (Wildman–Crippen LogP) is 5.07. The second kappa shape index (κ2) is 8.55. The highest BCUT2D eigenvalue weighted by molar-refractivity contribution is 5.94. The number of amides is 1. The first-order valence-corrected chi connectivity index (χ1v) is 10.1. The minimum Gasteiger partial charge on any atom is -0.352 e. The third kappa shape index (κ3) is 4.32. The topological polar surface area (TPSA) is 36.4 Å². The summed E-state index contributed by atoms with van der Waals surface area (Å²) in [5.41, 5.74) is 1.90. The van der Waals surface area contributed by atoms with E-state index in [1.54, 1.807) is 0 Å². The summed E-state index contributed by atoms with van der Waals surface area (Å²) >= 11 is 0. The van der Waals surface area contributed by atoms with Gasteiger partial charge in [0.05, 0.1) is 6.04 Å². The van der Waals surface area contributed by atoms with Gasteiger partial charge in [-0.3, -0.25) is 4.79 Å². The minimum atomic E-state index is 0.111. The van der Waals surface area contributed by atoms with E-state index in [1.807, 2.05) is 41.4 Å². The first-order valence-electron chi connectivity index (χ1n) is 10.1. The zero-order valence-electron chi connectivity index (χ0n) is 16.9. The van der Waals surface area contributed by atoms with Gasteiger partial charge in [0.25, 0.3) is 5.91 Å². The number of pyridine rings is 1. The van der Waals surface area contributed by atoms with Gasteiger partial charge in [-0.25, -0.2) is 4.98 Å². The molecule has 4 heteroatoms. The van der Waals surface area contributed by atoms with Crippen LogP contribution in [0.2, 0.25) is 0 Å². The van der Waals surface area contributed by atoms with Crippen molar-refractivity contribution in [3.63, 3.8) is 0 Å². The van der Waals surface area contributed by atoms with Crippen LogP contribution in [0.15, 0.2) is 48.7 Å². The van der Waals surface area contributed by atoms with Crippen molar-refractivity contribution in [2.75, 3.05) is 11.4 Å². The molecule has 0 bridgehead atoms. The van der Waals surface area contributed by atoms with E-state index in [9.17, 15) is 4.79 Å². The highest BCUT2D eigenvalue weighted by atomic mass is 16.2. The van der Waals surface area contributed by atoms with Crippen LogP contribution in [0.4, 0.5) is 5.82 Å². The molecule has 27 heavy (non-hydrogen) atoms. The zero-order chi connectivity index (χ0) is 19.4. The average molecular weight is 366 g/mol. The number of rotatable bonds is 5. The highest BCUT2D eigenvalue weighted by Gasteiger charge is 2.29. The maximum Gasteiger partial charge on any atom is 0.254 e. The molecular formula is C23H31N3O. The molecule has 1 amide bonds. The molecule has 1 saturated heterocycles. The molecule has 1 fully saturated rings. The molecule has 2 heterocycles. The fourth-order valence-electron chi connectivity index (χ4n) is 4.14. The summed E-state index contributed by atoms with van der Waals surface area (Å²) in [7, 11) is 0. The van der Waals surface area contributed by atoms with Gasteiger partial charge < -0.3 is 9.80 Å². The van der Waals surface area contributed by atoms with Gasteiger partial charge in [-0.15, -0.1) is 0 Å². The van der Waals surface area contributed by atoms with Crippen molar-refractivity contribution in [2.24, 2.45) is 0 Å². The Hall–Kier alpha value is -2.36. The van der Waals surface area contributed by atoms with Crippen LogP contribution >= 0.6 is 0 Å². The fraction of sp³-hybridized carbons (Fsp3) is 0.478. The molecule has 1 aliphatic rings. The number of anilines is 1. The largest absolute Gasteiger partial charge is 0.352 e. The van der Waals surface area contributed by atoms with E-state index in [0.29, 0.717) is 12.1 Å². The summed E-state index contributed by atoms with van der Waals surface area (Å²) in [5, 5.41) is 0. The van der Waals surface area contributed by atoms with Crippen molar-refractivity contribution >= 4 is 11.7 Å². The maximum absolute atomic E-state index is 13.0. The third-order valence-electron chi connectivity index (χ3n) is 5.32. The summed E-state index contributed by atoms with van der Waals surface area (Å²) in [6.45, 7) is 9.58. The van der Waals surface area contributed by atoms with Crippen LogP contribution in [0.25, 0.3) is 0 Å². The van der Waals surface area contributed by atoms with Crippen LogP contribution in [-0.4, -0.2) is 34.4 Å². The summed E-state index contributed by atoms with van der Waals surface area (Å²) in [4.78, 5) is 22.1. The molecule has 1 aromatic heterocycles. The van der Waals surface area contributed by atoms with Crippen molar-refractivity contribution < 1.29 is 4.79 Å². The first-order chi connectivity index (χ1) is 13.0. The van der Waals surface area contributed by atoms with E-state index in [0.717, 1.165) is 42.8 Å². The molecule has 0 spiro atoms. The molecule has 3 rings (SSSR count). The lowest BCUT2D eigenvalue weighted by molar-refractivity contribution is 0.0611. The van der Waals surface area contributed by atoms with Crippen molar-refractivity contribution in [2.45, 2.75) is 65.1 Å². The van der Waals surface area contributed by atoms with Crippen LogP contribution in [0.1, 0.15) is 68.9 Å². The van der Waals surface area contributed by atoms with Gasteiger partial charge >= 0.3 is 0 Å². The summed E-state index contributed by atoms with van der Waals surface area (Å²) < 4.78 is 0. The zero-order valence-corrected chi connectivity index (χ0v) is 16.9. The summed E-state index contributed by atoms with van der Waals surface area (Å²) in [6, 6.07) is 14.8. The maximum atomic E-state index is 13.0. The molecule has 2 aromatic rings. The van der Waals surface area contributed by atoms with Crippen LogP contribution in [0.5, 0.6) is 0 Å². The van der Waals surface area contributed by atoms with E-state index in [1.165, 1.54) is 0 Å². The Balaban J connectivity index is 1.84. The number of benzene rings is 1. The SMILES string of the molecule is CC(C)N(c1ccc(C2CCCCN2C(=O)c2ccccc2)cn1)C(C)C. The lowest BCUT2D eigenvalue weighted by Crippen LogP contribution is -2.39. The molecule has 1 aliphatic heterocycles. The Labute approximate surface area is 163 Å². The van der Waals surface area contributed by atoms with E-state index in [-0.39, 0.29) is 11.9 Å². The van der Waals surface area contributed by atoms with Crippen LogP contribution in [0.3, 0.4) is 0 Å². The van der Waals surface area contributed by atoms with Crippen LogP contribution in [0, 0.1) is 0 Å². The van der Waals surface area contributed by atoms with E-state index < -0.39 is 0 Å². The smallest absolute Gasteiger partial charge is 0.254 e. The Bertz CT molecular complexity index is 732. The fourth-order valence-corrected chi connectivity index (χ4v) is 4.14. The molecule has 4 nitrogen and oxygen atoms in total. The van der Waals surface area contributed by atoms with Crippen molar-refractivity contribution in [3.8, 4) is 0 Å². The number of nitrogens with zero attached hydrogens (tertiary/aromatic N) is 3. The van der Waals surface area contributed by atoms with Gasteiger partial charge in [0.2, 0.25) is 0 Å². The Morgan fingerprint density at radius 3 is 2.33 bits per heavy atom. The van der Waals surface area contributed by atoms with Gasteiger partial charge in [-0.2, -0.15) is 0 Å². The van der Waals surface area contributed by atoms with Gasteiger partial charge in [-0.1, -0.05) is 24.3 Å². The number of hydrogen-bond acceptors (Lipinski definition) is 3. The summed E-state index contributed by atoms with van der Waals surface area (Å²) in [6.07, 6.45) is 5.18. The third-order valence-corrected chi connectivity index (χ3v) is 5.32. The standard InChI is InChI=1S/C23H31N3O/c1-17(2)26(18(3)4)22-14-13-20(16-24-22)21-12-8-9-15-25(21)23(27)19-10-6-5-7-11-19/h5-7,10-11,13-14,16-18,21H,8-9,12,15H2,1-4H3. The second-order valence-electron chi connectivity index (χ2n) is 7.92. The molecule has 0 N–H and O–H groups in total. The molecule has 0 saturated carbocycles. The van der Waals surface area contributed by atoms with Crippen molar-refractivity contribution in [1.82, 2.24) is 9.88 Å². The molecule has 1 aromatic carbocycles. The van der Waals surface area contributed by atoms with Gasteiger partial charge in [0, 0.05) is 30.4 Å². The molecule has 0 radical (unpaired) electrons. The van der Waals surface area contributed by atoms with Gasteiger partial charge in [-0.05, 0) is 70.7 Å². The second-order valence-corrected chi connectivity index (χ2v) is 7.92. The van der Waals surface area contributed by atoms with Crippen LogP contribution < -0.4 is 4.90 Å². The highest BCUT2D eigenvalue weighted by Crippen LogP contribution is 2.32. The van der Waals surface area contributed by atoms with E-state index in [2.05, 4.69) is 44.7 Å². The minimum absolute atomic E-state index is 0.111. The predicted molar refractivity (Wildman–Crippen MR) is 111 cm³/mol. The normalized spacial score (nSPS) is 17.4. The van der Waals surface area contributed by atoms with Crippen molar-refractivity contribution in [1.29, 1.82) is 0 Å². The molecule has 144 valence electrons. The Morgan fingerprint density at radius 2 is 1.74 bits per heavy atom. The first kappa shape index (κ1) is 19.4. The Morgan fingerprint density at radius 1 is 1.04 bits per heavy atom. The van der Waals surface area contributed by atoms with E-state index >= 15 is 0 Å². The number of aromatic nitrogens is 1. The van der Waals surface area contributed by atoms with Gasteiger partial charge in [0.1, 0.15) is 5.82 Å². The number of carbonyl (C=O) groups is 1. The molecule has 0 aliphatic carbocycles. The number of hydrogen-bond donors (Lipinski definition) is 0. The number of piperidine rings is 1. The van der Waals surface area contributed by atoms with Crippen LogP contribution in [-0.2, 0) is 0 Å². The Kier molecular flexibility index (Phi) is 6.15. The lowest BCUT2D eigenvalue weighted by atomic mass is 9.95. The lowest BCUT2D eigenvalue weighted by Gasteiger charge is -2.36. The number of carbonyl (C=O) groups excluding carboxylic acids is 1. The quantitative estimate of drug-likeness (QED) is 0.742. The summed E-state index contributed by atoms with van der Waals surface area (Å²) in [5.74, 6) is 1.12. The molecular weight excluding hydrogens is 334 g/mol. The average Bonchev–Trinajstić information content (AvgIpc) is 2.68. The van der Waals surface area contributed by atoms with E-state index in [4.69, 9.17) is 4.98 Å².